The van der Waals surface area contributed by atoms with Crippen molar-refractivity contribution in [1.29, 1.82) is 0 Å². The molecule has 1 saturated heterocycles. The van der Waals surface area contributed by atoms with Gasteiger partial charge in [-0.2, -0.15) is 0 Å². The van der Waals surface area contributed by atoms with E-state index in [2.05, 4.69) is 10.3 Å². The molecule has 0 saturated carbocycles. The van der Waals surface area contributed by atoms with Gasteiger partial charge in [0.15, 0.2) is 5.11 Å². The van der Waals surface area contributed by atoms with E-state index in [1.165, 1.54) is 4.90 Å². The molecular weight excluding hydrogens is 458 g/mol. The molecule has 6 nitrogen and oxygen atoms in total. The van der Waals surface area contributed by atoms with Crippen LogP contribution in [0.2, 0.25) is 0 Å². The summed E-state index contributed by atoms with van der Waals surface area (Å²) in [4.78, 5) is 31.7. The van der Waals surface area contributed by atoms with Crippen LogP contribution in [0.25, 0.3) is 17.3 Å². The Morgan fingerprint density at radius 1 is 0.829 bits per heavy atom. The normalized spacial score (nSPS) is 14.7. The molecule has 1 N–H and O–H groups in total. The Bertz CT molecular complexity index is 1440. The summed E-state index contributed by atoms with van der Waals surface area (Å²) >= 11 is 5.31. The molecule has 7 heteroatoms. The number of ether oxygens (including phenoxy) is 1. The Hall–Kier alpha value is -4.62. The number of para-hydroxylation sites is 1. The Kier molecular flexibility index (Phi) is 6.15. The number of pyridine rings is 1. The highest BCUT2D eigenvalue weighted by Crippen LogP contribution is 2.27. The number of hydrogen-bond acceptors (Lipinski definition) is 5. The highest BCUT2D eigenvalue weighted by atomic mass is 32.1. The van der Waals surface area contributed by atoms with Crippen molar-refractivity contribution in [3.8, 4) is 22.8 Å². The van der Waals surface area contributed by atoms with Gasteiger partial charge in [-0.15, -0.1) is 0 Å². The summed E-state index contributed by atoms with van der Waals surface area (Å²) in [5.74, 6) is 0.277. The molecule has 5 rings (SSSR count). The van der Waals surface area contributed by atoms with Crippen molar-refractivity contribution in [3.63, 3.8) is 0 Å². The maximum atomic E-state index is 13.3. The summed E-state index contributed by atoms with van der Waals surface area (Å²) in [6, 6.07) is 29.5. The summed E-state index contributed by atoms with van der Waals surface area (Å²) in [7, 11) is 0. The standard InChI is InChI=1S/C28H19N3O3S/c32-26-24(18-19-7-6-8-20(17-19)25-11-4-5-16-29-25)27(33)31(28(35)30-26)21-12-14-23(15-13-21)34-22-9-2-1-3-10-22/h1-18H,(H,30,32,35)/b24-18+. The van der Waals surface area contributed by atoms with Gasteiger partial charge in [0.25, 0.3) is 11.8 Å². The molecule has 0 unspecified atom stereocenters. The minimum atomic E-state index is -0.538. The van der Waals surface area contributed by atoms with Crippen molar-refractivity contribution in [2.45, 2.75) is 0 Å². The molecule has 1 fully saturated rings. The van der Waals surface area contributed by atoms with Crippen molar-refractivity contribution in [2.24, 2.45) is 0 Å². The summed E-state index contributed by atoms with van der Waals surface area (Å²) in [6.45, 7) is 0. The lowest BCUT2D eigenvalue weighted by Gasteiger charge is -2.29. The maximum absolute atomic E-state index is 13.3. The third-order valence-corrected chi connectivity index (χ3v) is 5.62. The van der Waals surface area contributed by atoms with Crippen molar-refractivity contribution in [1.82, 2.24) is 10.3 Å². The van der Waals surface area contributed by atoms with E-state index in [9.17, 15) is 9.59 Å². The summed E-state index contributed by atoms with van der Waals surface area (Å²) in [5, 5.41) is 2.64. The number of nitrogens with one attached hydrogen (secondary N) is 1. The van der Waals surface area contributed by atoms with E-state index in [4.69, 9.17) is 17.0 Å². The van der Waals surface area contributed by atoms with E-state index in [1.807, 2.05) is 72.8 Å². The van der Waals surface area contributed by atoms with Crippen LogP contribution in [0, 0.1) is 0 Å². The molecule has 0 spiro atoms. The van der Waals surface area contributed by atoms with E-state index >= 15 is 0 Å². The number of nitrogens with zero attached hydrogens (tertiary/aromatic N) is 2. The van der Waals surface area contributed by atoms with Crippen LogP contribution in [-0.4, -0.2) is 21.9 Å². The Labute approximate surface area is 207 Å². The number of carbonyl (C=O) groups is 2. The molecule has 0 aliphatic carbocycles. The van der Waals surface area contributed by atoms with Gasteiger partial charge in [0.2, 0.25) is 0 Å². The van der Waals surface area contributed by atoms with Crippen molar-refractivity contribution in [3.05, 3.63) is 114 Å². The van der Waals surface area contributed by atoms with Gasteiger partial charge in [0, 0.05) is 11.8 Å². The average Bonchev–Trinajstić information content (AvgIpc) is 2.89. The highest BCUT2D eigenvalue weighted by Gasteiger charge is 2.34. The molecule has 2 amide bonds. The van der Waals surface area contributed by atoms with Crippen molar-refractivity contribution >= 4 is 40.9 Å². The largest absolute Gasteiger partial charge is 0.457 e. The van der Waals surface area contributed by atoms with Crippen LogP contribution in [-0.2, 0) is 9.59 Å². The van der Waals surface area contributed by atoms with E-state index < -0.39 is 11.8 Å². The van der Waals surface area contributed by atoms with E-state index in [1.54, 1.807) is 36.5 Å². The number of benzene rings is 3. The fourth-order valence-corrected chi connectivity index (χ4v) is 3.95. The first-order valence-corrected chi connectivity index (χ1v) is 11.3. The van der Waals surface area contributed by atoms with E-state index in [0.717, 1.165) is 11.3 Å². The molecule has 2 heterocycles. The Morgan fingerprint density at radius 2 is 1.57 bits per heavy atom. The first-order chi connectivity index (χ1) is 17.1. The minimum absolute atomic E-state index is 0.0126. The second-order valence-electron chi connectivity index (χ2n) is 7.71. The number of rotatable bonds is 5. The monoisotopic (exact) mass is 477 g/mol. The molecular formula is C28H19N3O3S. The molecule has 170 valence electrons. The fourth-order valence-electron chi connectivity index (χ4n) is 3.67. The van der Waals surface area contributed by atoms with Gasteiger partial charge in [0.1, 0.15) is 17.1 Å². The number of anilines is 1. The van der Waals surface area contributed by atoms with Crippen LogP contribution in [0.1, 0.15) is 5.56 Å². The second-order valence-corrected chi connectivity index (χ2v) is 8.09. The molecule has 1 aromatic heterocycles. The number of aromatic nitrogens is 1. The van der Waals surface area contributed by atoms with E-state index in [-0.39, 0.29) is 10.7 Å². The van der Waals surface area contributed by atoms with Crippen LogP contribution < -0.4 is 15.0 Å². The van der Waals surface area contributed by atoms with Crippen LogP contribution in [0.4, 0.5) is 5.69 Å². The topological polar surface area (TPSA) is 71.5 Å². The van der Waals surface area contributed by atoms with Gasteiger partial charge < -0.3 is 4.74 Å². The lowest BCUT2D eigenvalue weighted by atomic mass is 10.0. The molecule has 3 aromatic carbocycles. The van der Waals surface area contributed by atoms with Gasteiger partial charge in [0.05, 0.1) is 11.4 Å². The molecule has 1 aliphatic heterocycles. The summed E-state index contributed by atoms with van der Waals surface area (Å²) in [6.07, 6.45) is 3.28. The fraction of sp³-hybridized carbons (Fsp3) is 0. The molecule has 4 aromatic rings. The summed E-state index contributed by atoms with van der Waals surface area (Å²) < 4.78 is 5.82. The maximum Gasteiger partial charge on any atom is 0.270 e. The third-order valence-electron chi connectivity index (χ3n) is 5.33. The van der Waals surface area contributed by atoms with Crippen molar-refractivity contribution < 1.29 is 14.3 Å². The number of carbonyl (C=O) groups excluding carboxylic acids is 2. The average molecular weight is 478 g/mol. The minimum Gasteiger partial charge on any atom is -0.457 e. The van der Waals surface area contributed by atoms with Gasteiger partial charge >= 0.3 is 0 Å². The third kappa shape index (κ3) is 4.85. The molecule has 0 radical (unpaired) electrons. The van der Waals surface area contributed by atoms with Gasteiger partial charge in [-0.25, -0.2) is 0 Å². The lowest BCUT2D eigenvalue weighted by molar-refractivity contribution is -0.122. The molecule has 0 bridgehead atoms. The Morgan fingerprint density at radius 3 is 2.31 bits per heavy atom. The molecule has 1 aliphatic rings. The predicted octanol–water partition coefficient (Wildman–Crippen LogP) is 5.37. The van der Waals surface area contributed by atoms with E-state index in [0.29, 0.717) is 22.7 Å². The lowest BCUT2D eigenvalue weighted by Crippen LogP contribution is -2.54. The van der Waals surface area contributed by atoms with Gasteiger partial charge in [-0.1, -0.05) is 42.5 Å². The zero-order valence-corrected chi connectivity index (χ0v) is 19.2. The summed E-state index contributed by atoms with van der Waals surface area (Å²) in [5.41, 5.74) is 2.89. The second kappa shape index (κ2) is 9.70. The molecule has 0 atom stereocenters. The van der Waals surface area contributed by atoms with Crippen LogP contribution in [0.15, 0.2) is 109 Å². The smallest absolute Gasteiger partial charge is 0.270 e. The zero-order chi connectivity index (χ0) is 24.2. The first kappa shape index (κ1) is 22.2. The van der Waals surface area contributed by atoms with Crippen LogP contribution in [0.3, 0.4) is 0 Å². The number of amides is 2. The van der Waals surface area contributed by atoms with Gasteiger partial charge in [-0.05, 0) is 78.5 Å². The predicted molar refractivity (Wildman–Crippen MR) is 139 cm³/mol. The zero-order valence-electron chi connectivity index (χ0n) is 18.4. The SMILES string of the molecule is O=C1NC(=S)N(c2ccc(Oc3ccccc3)cc2)C(=O)/C1=C/c1cccc(-c2ccccn2)c1. The van der Waals surface area contributed by atoms with Crippen molar-refractivity contribution in [2.75, 3.05) is 4.90 Å². The van der Waals surface area contributed by atoms with Crippen LogP contribution >= 0.6 is 12.2 Å². The van der Waals surface area contributed by atoms with Crippen LogP contribution in [0.5, 0.6) is 11.5 Å². The van der Waals surface area contributed by atoms with Gasteiger partial charge in [-0.3, -0.25) is 24.8 Å². The molecule has 35 heavy (non-hydrogen) atoms. The number of thiocarbonyl (C=S) groups is 1. The highest BCUT2D eigenvalue weighted by molar-refractivity contribution is 7.80. The first-order valence-electron chi connectivity index (χ1n) is 10.8. The number of hydrogen-bond donors (Lipinski definition) is 1. The quantitative estimate of drug-likeness (QED) is 0.238. The Balaban J connectivity index is 1.41.